The van der Waals surface area contributed by atoms with E-state index in [1.807, 2.05) is 5.32 Å². The van der Waals surface area contributed by atoms with Gasteiger partial charge in [0.1, 0.15) is 5.75 Å². The van der Waals surface area contributed by atoms with E-state index >= 15 is 0 Å². The van der Waals surface area contributed by atoms with Crippen LogP contribution >= 0.6 is 0 Å². The highest BCUT2D eigenvalue weighted by molar-refractivity contribution is 6.03. The molecule has 2 N–H and O–H groups in total. The highest BCUT2D eigenvalue weighted by atomic mass is 19.4. The molecule has 0 heterocycles. The van der Waals surface area contributed by atoms with Crippen LogP contribution in [0, 0.1) is 0 Å². The minimum atomic E-state index is -5.86. The summed E-state index contributed by atoms with van der Waals surface area (Å²) in [4.78, 5) is 21.6. The number of amides is 1. The van der Waals surface area contributed by atoms with Crippen LogP contribution in [-0.4, -0.2) is 35.4 Å². The second-order valence-corrected chi connectivity index (χ2v) is 4.23. The second-order valence-electron chi connectivity index (χ2n) is 4.23. The van der Waals surface area contributed by atoms with Gasteiger partial charge in [0.15, 0.2) is 0 Å². The highest BCUT2D eigenvalue weighted by Crippen LogP contribution is 2.38. The summed E-state index contributed by atoms with van der Waals surface area (Å²) in [5.41, 5.74) is -0.508. The van der Waals surface area contributed by atoms with E-state index in [1.54, 1.807) is 0 Å². The van der Waals surface area contributed by atoms with Crippen molar-refractivity contribution in [2.75, 3.05) is 5.32 Å². The summed E-state index contributed by atoms with van der Waals surface area (Å²) in [6.07, 6.45) is -14.7. The molecule has 1 amide bonds. The summed E-state index contributed by atoms with van der Waals surface area (Å²) in [7, 11) is 0. The lowest BCUT2D eigenvalue weighted by Gasteiger charge is -2.24. The molecular formula is C13H9F6NO4. The number of hydrogen-bond acceptors (Lipinski definition) is 3. The number of aliphatic carboxylic acids is 1. The maximum absolute atomic E-state index is 13.2. The molecule has 24 heavy (non-hydrogen) atoms. The second kappa shape index (κ2) is 7.23. The maximum atomic E-state index is 13.2. The third-order valence-corrected chi connectivity index (χ3v) is 2.35. The lowest BCUT2D eigenvalue weighted by molar-refractivity contribution is -0.304. The molecule has 1 aromatic carbocycles. The lowest BCUT2D eigenvalue weighted by atomic mass is 10.2. The van der Waals surface area contributed by atoms with Crippen molar-refractivity contribution in [2.45, 2.75) is 18.5 Å². The molecule has 5 nitrogen and oxygen atoms in total. The van der Waals surface area contributed by atoms with E-state index in [2.05, 4.69) is 4.74 Å². The molecule has 0 aliphatic heterocycles. The maximum Gasteiger partial charge on any atom is 0.439 e. The Hall–Kier alpha value is -2.72. The van der Waals surface area contributed by atoms with Gasteiger partial charge in [-0.2, -0.15) is 22.0 Å². The first kappa shape index (κ1) is 19.3. The monoisotopic (exact) mass is 357 g/mol. The molecule has 0 bridgehead atoms. The molecule has 1 aromatic rings. The molecule has 1 unspecified atom stereocenters. The van der Waals surface area contributed by atoms with Crippen LogP contribution in [0.4, 0.5) is 32.0 Å². The first-order valence-corrected chi connectivity index (χ1v) is 6.02. The van der Waals surface area contributed by atoms with E-state index < -0.39 is 41.8 Å². The number of benzene rings is 1. The van der Waals surface area contributed by atoms with Crippen LogP contribution in [0.1, 0.15) is 0 Å². The molecule has 0 aliphatic rings. The Labute approximate surface area is 130 Å². The van der Waals surface area contributed by atoms with E-state index in [0.717, 1.165) is 18.2 Å². The molecule has 1 atom stereocenters. The number of carboxylic acids is 1. The van der Waals surface area contributed by atoms with Crippen LogP contribution in [0.2, 0.25) is 0 Å². The molecule has 0 saturated carbocycles. The van der Waals surface area contributed by atoms with Crippen molar-refractivity contribution < 1.29 is 45.8 Å². The fourth-order valence-electron chi connectivity index (χ4n) is 1.37. The fourth-order valence-corrected chi connectivity index (χ4v) is 1.37. The van der Waals surface area contributed by atoms with Crippen LogP contribution in [0.3, 0.4) is 0 Å². The third kappa shape index (κ3) is 5.48. The van der Waals surface area contributed by atoms with Gasteiger partial charge in [0.2, 0.25) is 5.91 Å². The summed E-state index contributed by atoms with van der Waals surface area (Å²) in [5, 5.41) is 10.2. The van der Waals surface area contributed by atoms with Gasteiger partial charge in [0.25, 0.3) is 6.17 Å². The van der Waals surface area contributed by atoms with Crippen LogP contribution in [0.25, 0.3) is 0 Å². The van der Waals surface area contributed by atoms with Crippen molar-refractivity contribution in [1.82, 2.24) is 0 Å². The van der Waals surface area contributed by atoms with Crippen LogP contribution in [-0.2, 0) is 9.59 Å². The highest BCUT2D eigenvalue weighted by Gasteiger charge is 2.59. The Morgan fingerprint density at radius 3 is 2.25 bits per heavy atom. The average Bonchev–Trinajstić information content (AvgIpc) is 2.45. The molecule has 0 aromatic heterocycles. The number of ether oxygens (including phenoxy) is 1. The van der Waals surface area contributed by atoms with E-state index in [1.165, 1.54) is 6.07 Å². The van der Waals surface area contributed by atoms with Crippen molar-refractivity contribution in [3.8, 4) is 5.75 Å². The topological polar surface area (TPSA) is 75.6 Å². The Morgan fingerprint density at radius 2 is 1.71 bits per heavy atom. The lowest BCUT2D eigenvalue weighted by Crippen LogP contribution is -2.45. The van der Waals surface area contributed by atoms with Gasteiger partial charge in [0.05, 0.1) is 5.69 Å². The molecular weight excluding hydrogens is 348 g/mol. The van der Waals surface area contributed by atoms with E-state index in [9.17, 15) is 35.9 Å². The minimum absolute atomic E-state index is 0.439. The molecule has 0 radical (unpaired) electrons. The zero-order valence-corrected chi connectivity index (χ0v) is 11.5. The first-order chi connectivity index (χ1) is 10.9. The van der Waals surface area contributed by atoms with Crippen molar-refractivity contribution in [3.05, 3.63) is 36.4 Å². The predicted octanol–water partition coefficient (Wildman–Crippen LogP) is 3.14. The molecule has 0 saturated heterocycles. The number of alkyl halides is 6. The number of carboxylic acid groups (broad SMARTS) is 1. The number of carbonyl (C=O) groups excluding carboxylic acids is 1. The number of para-hydroxylation sites is 2. The van der Waals surface area contributed by atoms with Crippen molar-refractivity contribution >= 4 is 17.6 Å². The Kier molecular flexibility index (Phi) is 5.83. The van der Waals surface area contributed by atoms with Crippen molar-refractivity contribution in [3.63, 3.8) is 0 Å². The van der Waals surface area contributed by atoms with Gasteiger partial charge in [-0.1, -0.05) is 12.1 Å². The molecule has 0 spiro atoms. The molecule has 11 heteroatoms. The Bertz CT molecular complexity index is 644. The SMILES string of the molecule is O=C(O)/C=C/C(=O)Nc1ccccc1OC(F)(F)C(F)C(F)(F)F. The quantitative estimate of drug-likeness (QED) is 0.606. The van der Waals surface area contributed by atoms with Gasteiger partial charge in [-0.05, 0) is 12.1 Å². The summed E-state index contributed by atoms with van der Waals surface area (Å²) in [5.74, 6) is -3.48. The zero-order valence-electron chi connectivity index (χ0n) is 11.5. The Morgan fingerprint density at radius 1 is 1.12 bits per heavy atom. The smallest absolute Gasteiger partial charge is 0.439 e. The predicted molar refractivity (Wildman–Crippen MR) is 68.4 cm³/mol. The zero-order chi connectivity index (χ0) is 18.5. The van der Waals surface area contributed by atoms with E-state index in [-0.39, 0.29) is 0 Å². The summed E-state index contributed by atoms with van der Waals surface area (Å²) in [6.45, 7) is 0. The number of anilines is 1. The van der Waals surface area contributed by atoms with Gasteiger partial charge in [-0.15, -0.1) is 0 Å². The van der Waals surface area contributed by atoms with E-state index in [0.29, 0.717) is 12.2 Å². The molecule has 1 rings (SSSR count). The number of halogens is 6. The number of carbonyl (C=O) groups is 2. The van der Waals surface area contributed by atoms with E-state index in [4.69, 9.17) is 5.11 Å². The summed E-state index contributed by atoms with van der Waals surface area (Å²) in [6, 6.07) is 4.07. The van der Waals surface area contributed by atoms with Crippen LogP contribution in [0.5, 0.6) is 5.75 Å². The van der Waals surface area contributed by atoms with Crippen molar-refractivity contribution in [2.24, 2.45) is 0 Å². The summed E-state index contributed by atoms with van der Waals surface area (Å²) >= 11 is 0. The average molecular weight is 357 g/mol. The first-order valence-electron chi connectivity index (χ1n) is 6.02. The molecule has 132 valence electrons. The minimum Gasteiger partial charge on any atom is -0.478 e. The van der Waals surface area contributed by atoms with Crippen molar-refractivity contribution in [1.29, 1.82) is 0 Å². The number of hydrogen-bond donors (Lipinski definition) is 2. The van der Waals surface area contributed by atoms with Gasteiger partial charge in [-0.25, -0.2) is 9.18 Å². The molecule has 0 fully saturated rings. The van der Waals surface area contributed by atoms with Gasteiger partial charge in [0, 0.05) is 12.2 Å². The third-order valence-electron chi connectivity index (χ3n) is 2.35. The molecule has 0 aliphatic carbocycles. The fraction of sp³-hybridized carbons (Fsp3) is 0.231. The van der Waals surface area contributed by atoms with Gasteiger partial charge >= 0.3 is 18.3 Å². The van der Waals surface area contributed by atoms with Gasteiger partial charge in [-0.3, -0.25) is 4.79 Å². The van der Waals surface area contributed by atoms with Gasteiger partial charge < -0.3 is 15.2 Å². The normalized spacial score (nSPS) is 13.6. The standard InChI is InChI=1S/C13H9F6NO4/c14-11(12(15,16)17)13(18,19)24-8-4-2-1-3-7(8)20-9(21)5-6-10(22)23/h1-6,11H,(H,20,21)(H,22,23)/b6-5+. The number of rotatable bonds is 6. The van der Waals surface area contributed by atoms with Crippen LogP contribution < -0.4 is 10.1 Å². The van der Waals surface area contributed by atoms with Crippen LogP contribution in [0.15, 0.2) is 36.4 Å². The Balaban J connectivity index is 2.98. The largest absolute Gasteiger partial charge is 0.478 e. The number of nitrogens with one attached hydrogen (secondary N) is 1. The summed E-state index contributed by atoms with van der Waals surface area (Å²) < 4.78 is 79.3.